The Morgan fingerprint density at radius 2 is 1.83 bits per heavy atom. The predicted molar refractivity (Wildman–Crippen MR) is 90.0 cm³/mol. The minimum Gasteiger partial charge on any atom is -0.444 e. The van der Waals surface area contributed by atoms with Gasteiger partial charge in [-0.1, -0.05) is 18.2 Å². The van der Waals surface area contributed by atoms with E-state index in [2.05, 4.69) is 0 Å². The molecule has 0 aromatic heterocycles. The molecule has 0 N–H and O–H groups in total. The van der Waals surface area contributed by atoms with Crippen LogP contribution in [0.2, 0.25) is 0 Å². The number of anilines is 1. The lowest BCUT2D eigenvalue weighted by Gasteiger charge is -2.46. The van der Waals surface area contributed by atoms with E-state index in [0.29, 0.717) is 25.9 Å². The van der Waals surface area contributed by atoms with Gasteiger partial charge in [-0.05, 0) is 26.8 Å². The van der Waals surface area contributed by atoms with E-state index in [0.717, 1.165) is 11.3 Å². The maximum absolute atomic E-state index is 12.2. The van der Waals surface area contributed by atoms with Crippen molar-refractivity contribution in [3.05, 3.63) is 29.8 Å². The average Bonchev–Trinajstić information content (AvgIpc) is 2.52. The molecule has 1 aromatic rings. The van der Waals surface area contributed by atoms with Gasteiger partial charge in [-0.2, -0.15) is 0 Å². The summed E-state index contributed by atoms with van der Waals surface area (Å²) in [6.45, 7) is 6.56. The number of fused-ring (bicyclic) bond motifs is 2. The van der Waals surface area contributed by atoms with Gasteiger partial charge in [-0.3, -0.25) is 4.90 Å². The van der Waals surface area contributed by atoms with Crippen LogP contribution in [0, 0.1) is 0 Å². The molecular weight excluding hydrogens is 308 g/mol. The summed E-state index contributed by atoms with van der Waals surface area (Å²) in [7, 11) is 1.71. The molecule has 0 aliphatic carbocycles. The van der Waals surface area contributed by atoms with Gasteiger partial charge in [0.05, 0.1) is 5.69 Å². The summed E-state index contributed by atoms with van der Waals surface area (Å²) in [6, 6.07) is 7.80. The Balaban J connectivity index is 1.79. The highest BCUT2D eigenvalue weighted by molar-refractivity contribution is 5.91. The van der Waals surface area contributed by atoms with Gasteiger partial charge < -0.3 is 14.4 Å². The molecule has 2 amide bonds. The summed E-state index contributed by atoms with van der Waals surface area (Å²) in [5, 5.41) is 0. The largest absolute Gasteiger partial charge is 0.444 e. The zero-order valence-electron chi connectivity index (χ0n) is 14.7. The van der Waals surface area contributed by atoms with Crippen LogP contribution in [0.3, 0.4) is 0 Å². The quantitative estimate of drug-likeness (QED) is 0.729. The minimum atomic E-state index is -0.654. The molecule has 3 rings (SSSR count). The average molecular weight is 332 g/mol. The molecule has 2 aliphatic rings. The third-order valence-corrected chi connectivity index (χ3v) is 4.54. The van der Waals surface area contributed by atoms with E-state index < -0.39 is 11.2 Å². The number of para-hydroxylation sites is 1. The number of hydrogen-bond donors (Lipinski definition) is 0. The highest BCUT2D eigenvalue weighted by Crippen LogP contribution is 2.45. The normalized spacial score (nSPS) is 19.8. The number of carbonyl (C=O) groups excluding carboxylic acids is 2. The first-order chi connectivity index (χ1) is 11.2. The van der Waals surface area contributed by atoms with Gasteiger partial charge >= 0.3 is 12.2 Å². The maximum atomic E-state index is 12.2. The van der Waals surface area contributed by atoms with Crippen molar-refractivity contribution in [1.82, 2.24) is 4.90 Å². The van der Waals surface area contributed by atoms with Crippen LogP contribution in [0.1, 0.15) is 39.2 Å². The Hall–Kier alpha value is -2.24. The summed E-state index contributed by atoms with van der Waals surface area (Å²) < 4.78 is 11.2. The highest BCUT2D eigenvalue weighted by atomic mass is 16.6. The summed E-state index contributed by atoms with van der Waals surface area (Å²) >= 11 is 0. The van der Waals surface area contributed by atoms with Crippen LogP contribution in [0.4, 0.5) is 15.3 Å². The fourth-order valence-electron chi connectivity index (χ4n) is 3.29. The van der Waals surface area contributed by atoms with Crippen LogP contribution in [-0.2, 0) is 15.1 Å². The van der Waals surface area contributed by atoms with Crippen molar-refractivity contribution in [1.29, 1.82) is 0 Å². The lowest BCUT2D eigenvalue weighted by atomic mass is 9.82. The fourth-order valence-corrected chi connectivity index (χ4v) is 3.29. The Morgan fingerprint density at radius 1 is 1.21 bits per heavy atom. The van der Waals surface area contributed by atoms with Crippen LogP contribution in [0.15, 0.2) is 24.3 Å². The van der Waals surface area contributed by atoms with E-state index in [1.165, 1.54) is 4.90 Å². The van der Waals surface area contributed by atoms with Crippen LogP contribution in [0.25, 0.3) is 0 Å². The third-order valence-electron chi connectivity index (χ3n) is 4.54. The number of ether oxygens (including phenoxy) is 2. The van der Waals surface area contributed by atoms with Crippen molar-refractivity contribution in [2.24, 2.45) is 0 Å². The summed E-state index contributed by atoms with van der Waals surface area (Å²) in [5.41, 5.74) is 0.716. The number of rotatable bonds is 0. The summed E-state index contributed by atoms with van der Waals surface area (Å²) in [5.74, 6) is 0. The number of piperidine rings is 1. The van der Waals surface area contributed by atoms with E-state index in [1.54, 1.807) is 11.9 Å². The molecule has 2 aliphatic heterocycles. The van der Waals surface area contributed by atoms with Gasteiger partial charge in [0.2, 0.25) is 0 Å². The van der Waals surface area contributed by atoms with Gasteiger partial charge in [-0.25, -0.2) is 9.59 Å². The second-order valence-corrected chi connectivity index (χ2v) is 7.41. The molecule has 1 aromatic carbocycles. The first-order valence-corrected chi connectivity index (χ1v) is 8.26. The predicted octanol–water partition coefficient (Wildman–Crippen LogP) is 3.50. The van der Waals surface area contributed by atoms with Gasteiger partial charge in [0, 0.05) is 38.5 Å². The monoisotopic (exact) mass is 332 g/mol. The number of likely N-dealkylation sites (tertiary alicyclic amines) is 1. The van der Waals surface area contributed by atoms with Crippen molar-refractivity contribution in [3.8, 4) is 0 Å². The van der Waals surface area contributed by atoms with Crippen molar-refractivity contribution in [3.63, 3.8) is 0 Å². The fraction of sp³-hybridized carbons (Fsp3) is 0.556. The summed E-state index contributed by atoms with van der Waals surface area (Å²) in [4.78, 5) is 27.7. The Labute approximate surface area is 142 Å². The molecular formula is C18H24N2O4. The lowest BCUT2D eigenvalue weighted by molar-refractivity contribution is -0.0467. The van der Waals surface area contributed by atoms with Crippen LogP contribution in [0.5, 0.6) is 0 Å². The zero-order chi connectivity index (χ0) is 17.5. The molecule has 1 fully saturated rings. The first kappa shape index (κ1) is 16.6. The van der Waals surface area contributed by atoms with Crippen molar-refractivity contribution < 1.29 is 19.1 Å². The van der Waals surface area contributed by atoms with E-state index >= 15 is 0 Å². The molecule has 0 bridgehead atoms. The standard InChI is InChI=1S/C18H24N2O4/c1-17(2,3)23-16(22)20-11-9-18(10-12-20)13-7-5-6-8-14(13)19(4)15(21)24-18/h5-8H,9-12H2,1-4H3. The molecule has 6 heteroatoms. The van der Waals surface area contributed by atoms with Gasteiger partial charge in [-0.15, -0.1) is 0 Å². The number of carbonyl (C=O) groups is 2. The van der Waals surface area contributed by atoms with Crippen molar-refractivity contribution in [2.75, 3.05) is 25.0 Å². The second-order valence-electron chi connectivity index (χ2n) is 7.41. The second kappa shape index (κ2) is 5.69. The van der Waals surface area contributed by atoms with E-state index in [-0.39, 0.29) is 12.2 Å². The lowest BCUT2D eigenvalue weighted by Crippen LogP contribution is -2.52. The molecule has 1 spiro atoms. The van der Waals surface area contributed by atoms with Crippen molar-refractivity contribution >= 4 is 17.9 Å². The maximum Gasteiger partial charge on any atom is 0.414 e. The molecule has 6 nitrogen and oxygen atoms in total. The highest BCUT2D eigenvalue weighted by Gasteiger charge is 2.47. The number of benzene rings is 1. The molecule has 0 unspecified atom stereocenters. The number of amides is 2. The van der Waals surface area contributed by atoms with Crippen LogP contribution >= 0.6 is 0 Å². The van der Waals surface area contributed by atoms with Crippen molar-refractivity contribution in [2.45, 2.75) is 44.8 Å². The van der Waals surface area contributed by atoms with E-state index in [4.69, 9.17) is 9.47 Å². The van der Waals surface area contributed by atoms with E-state index in [1.807, 2.05) is 45.0 Å². The molecule has 0 saturated carbocycles. The molecule has 0 radical (unpaired) electrons. The molecule has 0 atom stereocenters. The smallest absolute Gasteiger partial charge is 0.414 e. The van der Waals surface area contributed by atoms with Crippen LogP contribution in [-0.4, -0.2) is 42.8 Å². The van der Waals surface area contributed by atoms with E-state index in [9.17, 15) is 9.59 Å². The summed E-state index contributed by atoms with van der Waals surface area (Å²) in [6.07, 6.45) is 0.482. The molecule has 1 saturated heterocycles. The Kier molecular flexibility index (Phi) is 3.94. The SMILES string of the molecule is CN1C(=O)OC2(CCN(C(=O)OC(C)(C)C)CC2)c2ccccc21. The number of nitrogens with zero attached hydrogens (tertiary/aromatic N) is 2. The van der Waals surface area contributed by atoms with Gasteiger partial charge in [0.25, 0.3) is 0 Å². The first-order valence-electron chi connectivity index (χ1n) is 8.26. The van der Waals surface area contributed by atoms with Gasteiger partial charge in [0.1, 0.15) is 11.2 Å². The third kappa shape index (κ3) is 2.92. The van der Waals surface area contributed by atoms with Gasteiger partial charge in [0.15, 0.2) is 0 Å². The topological polar surface area (TPSA) is 59.1 Å². The minimum absolute atomic E-state index is 0.315. The number of hydrogen-bond acceptors (Lipinski definition) is 4. The molecule has 2 heterocycles. The molecule has 130 valence electrons. The van der Waals surface area contributed by atoms with Crippen LogP contribution < -0.4 is 4.90 Å². The Bertz CT molecular complexity index is 657. The molecule has 24 heavy (non-hydrogen) atoms. The zero-order valence-corrected chi connectivity index (χ0v) is 14.7. The Morgan fingerprint density at radius 3 is 2.46 bits per heavy atom.